The van der Waals surface area contributed by atoms with Crippen LogP contribution < -0.4 is 5.32 Å². The van der Waals surface area contributed by atoms with Gasteiger partial charge in [0.15, 0.2) is 11.6 Å². The largest absolute Gasteiger partial charge is 0.462 e. The summed E-state index contributed by atoms with van der Waals surface area (Å²) in [6.45, 7) is 3.17. The lowest BCUT2D eigenvalue weighted by Crippen LogP contribution is -2.15. The summed E-state index contributed by atoms with van der Waals surface area (Å²) in [5, 5.41) is 2.83. The minimum absolute atomic E-state index is 0.0732. The van der Waals surface area contributed by atoms with E-state index in [2.05, 4.69) is 20.3 Å². The van der Waals surface area contributed by atoms with E-state index in [1.165, 1.54) is 13.1 Å². The molecule has 0 saturated heterocycles. The van der Waals surface area contributed by atoms with Crippen molar-refractivity contribution in [2.45, 2.75) is 13.8 Å². The zero-order valence-corrected chi connectivity index (χ0v) is 12.8. The van der Waals surface area contributed by atoms with Crippen LogP contribution in [0.3, 0.4) is 0 Å². The Morgan fingerprint density at radius 3 is 2.61 bits per heavy atom. The van der Waals surface area contributed by atoms with Gasteiger partial charge in [0.05, 0.1) is 6.61 Å². The number of hydrogen-bond donors (Lipinski definition) is 1. The molecule has 1 N–H and O–H groups in total. The number of esters is 1. The van der Waals surface area contributed by atoms with Gasteiger partial charge in [-0.25, -0.2) is 14.8 Å². The quantitative estimate of drug-likeness (QED) is 0.377. The third-order valence-electron chi connectivity index (χ3n) is 2.83. The van der Waals surface area contributed by atoms with Gasteiger partial charge in [-0.2, -0.15) is 0 Å². The van der Waals surface area contributed by atoms with Crippen LogP contribution in [0.25, 0.3) is 11.4 Å². The van der Waals surface area contributed by atoms with E-state index in [9.17, 15) is 9.59 Å². The Hall–Kier alpha value is -3.09. The van der Waals surface area contributed by atoms with Crippen LogP contribution in [0.4, 0.5) is 5.82 Å². The Morgan fingerprint density at radius 1 is 1.22 bits per heavy atom. The number of nitrogens with one attached hydrogen (secondary N) is 1. The van der Waals surface area contributed by atoms with Gasteiger partial charge in [0.25, 0.3) is 0 Å². The Balaban J connectivity index is 2.21. The van der Waals surface area contributed by atoms with Crippen LogP contribution in [-0.2, 0) is 14.3 Å². The fourth-order valence-electron chi connectivity index (χ4n) is 1.74. The molecule has 0 saturated carbocycles. The lowest BCUT2D eigenvalue weighted by atomic mass is 10.2. The highest BCUT2D eigenvalue weighted by Crippen LogP contribution is 2.15. The van der Waals surface area contributed by atoms with E-state index >= 15 is 0 Å². The molecule has 0 unspecified atom stereocenters. The molecule has 2 rings (SSSR count). The number of aromatic nitrogens is 3. The molecule has 0 fully saturated rings. The van der Waals surface area contributed by atoms with Crippen LogP contribution >= 0.6 is 0 Å². The monoisotopic (exact) mass is 312 g/mol. The summed E-state index contributed by atoms with van der Waals surface area (Å²) in [5.74, 6) is -0.101. The van der Waals surface area contributed by atoms with Crippen LogP contribution in [-0.4, -0.2) is 33.3 Å². The maximum Gasteiger partial charge on any atom is 0.343 e. The number of carbonyl (C=O) groups is 2. The maximum absolute atomic E-state index is 11.7. The summed E-state index contributed by atoms with van der Waals surface area (Å²) in [5.41, 5.74) is 0.737. The molecule has 0 atom stereocenters. The molecule has 2 aromatic heterocycles. The zero-order valence-electron chi connectivity index (χ0n) is 12.8. The predicted molar refractivity (Wildman–Crippen MR) is 84.3 cm³/mol. The molecule has 7 nitrogen and oxygen atoms in total. The number of nitrogens with zero attached hydrogens (tertiary/aromatic N) is 3. The average Bonchev–Trinajstić information content (AvgIpc) is 2.56. The standard InChI is InChI=1S/C16H16N4O3/c1-3-23-16(22)13(11(2)21)10-19-14-6-9-18-15(20-14)12-4-7-17-8-5-12/h4-10H,3H2,1-2H3,(H,18,19,20)/b13-10+. The van der Waals surface area contributed by atoms with Crippen LogP contribution in [0, 0.1) is 0 Å². The first kappa shape index (κ1) is 16.3. The molecular weight excluding hydrogens is 296 g/mol. The molecule has 0 aliphatic rings. The second-order valence-electron chi connectivity index (χ2n) is 4.48. The summed E-state index contributed by atoms with van der Waals surface area (Å²) in [6.07, 6.45) is 6.16. The third-order valence-corrected chi connectivity index (χ3v) is 2.83. The van der Waals surface area contributed by atoms with Gasteiger partial charge < -0.3 is 10.1 Å². The van der Waals surface area contributed by atoms with Gasteiger partial charge in [0.1, 0.15) is 11.4 Å². The third kappa shape index (κ3) is 4.44. The number of carbonyl (C=O) groups excluding carboxylic acids is 2. The lowest BCUT2D eigenvalue weighted by molar-refractivity contribution is -0.139. The molecule has 0 spiro atoms. The van der Waals surface area contributed by atoms with Crippen LogP contribution in [0.15, 0.2) is 48.6 Å². The van der Waals surface area contributed by atoms with Crippen LogP contribution in [0.2, 0.25) is 0 Å². The Labute approximate surface area is 133 Å². The van der Waals surface area contributed by atoms with Crippen molar-refractivity contribution in [1.82, 2.24) is 15.0 Å². The van der Waals surface area contributed by atoms with Crippen molar-refractivity contribution >= 4 is 17.6 Å². The first-order valence-corrected chi connectivity index (χ1v) is 7.00. The molecule has 7 heteroatoms. The Morgan fingerprint density at radius 2 is 1.96 bits per heavy atom. The number of anilines is 1. The minimum atomic E-state index is -0.670. The first-order valence-electron chi connectivity index (χ1n) is 7.00. The SMILES string of the molecule is CCOC(=O)/C(=C/Nc1ccnc(-c2ccncc2)n1)C(C)=O. The second-order valence-corrected chi connectivity index (χ2v) is 4.48. The van der Waals surface area contributed by atoms with E-state index in [0.29, 0.717) is 11.6 Å². The summed E-state index contributed by atoms with van der Waals surface area (Å²) >= 11 is 0. The van der Waals surface area contributed by atoms with Crippen molar-refractivity contribution in [2.24, 2.45) is 0 Å². The molecule has 118 valence electrons. The molecule has 2 heterocycles. The first-order chi connectivity index (χ1) is 11.1. The topological polar surface area (TPSA) is 94.1 Å². The average molecular weight is 312 g/mol. The summed E-state index contributed by atoms with van der Waals surface area (Å²) in [7, 11) is 0. The van der Waals surface area contributed by atoms with Crippen LogP contribution in [0.1, 0.15) is 13.8 Å². The normalized spacial score (nSPS) is 11.0. The van der Waals surface area contributed by atoms with Crippen molar-refractivity contribution in [3.63, 3.8) is 0 Å². The molecule has 23 heavy (non-hydrogen) atoms. The smallest absolute Gasteiger partial charge is 0.343 e. The molecule has 0 amide bonds. The molecule has 0 radical (unpaired) electrons. The van der Waals surface area contributed by atoms with Crippen molar-refractivity contribution in [3.05, 3.63) is 48.6 Å². The maximum atomic E-state index is 11.7. The fourth-order valence-corrected chi connectivity index (χ4v) is 1.74. The molecular formula is C16H16N4O3. The van der Waals surface area contributed by atoms with E-state index < -0.39 is 5.97 Å². The number of ketones is 1. The minimum Gasteiger partial charge on any atom is -0.462 e. The summed E-state index contributed by atoms with van der Waals surface area (Å²) < 4.78 is 4.84. The number of ether oxygens (including phenoxy) is 1. The van der Waals surface area contributed by atoms with Gasteiger partial charge >= 0.3 is 5.97 Å². The van der Waals surface area contributed by atoms with Crippen molar-refractivity contribution in [1.29, 1.82) is 0 Å². The second kappa shape index (κ2) is 7.79. The Kier molecular flexibility index (Phi) is 5.51. The van der Waals surface area contributed by atoms with E-state index in [4.69, 9.17) is 4.74 Å². The Bertz CT molecular complexity index is 729. The summed E-state index contributed by atoms with van der Waals surface area (Å²) in [4.78, 5) is 35.7. The van der Waals surface area contributed by atoms with Crippen molar-refractivity contribution in [2.75, 3.05) is 11.9 Å². The molecule has 2 aromatic rings. The fraction of sp³-hybridized carbons (Fsp3) is 0.188. The van der Waals surface area contributed by atoms with Gasteiger partial charge in [0, 0.05) is 30.4 Å². The van der Waals surface area contributed by atoms with Crippen molar-refractivity contribution < 1.29 is 14.3 Å². The number of Topliss-reactive ketones (excluding diaryl/α,β-unsaturated/α-hetero) is 1. The van der Waals surface area contributed by atoms with Gasteiger partial charge in [-0.1, -0.05) is 0 Å². The number of hydrogen-bond acceptors (Lipinski definition) is 7. The van der Waals surface area contributed by atoms with E-state index in [1.54, 1.807) is 43.7 Å². The van der Waals surface area contributed by atoms with E-state index in [-0.39, 0.29) is 18.0 Å². The number of pyridine rings is 1. The van der Waals surface area contributed by atoms with E-state index in [0.717, 1.165) is 5.56 Å². The van der Waals surface area contributed by atoms with Gasteiger partial charge in [-0.15, -0.1) is 0 Å². The molecule has 0 aliphatic heterocycles. The van der Waals surface area contributed by atoms with Crippen LogP contribution in [0.5, 0.6) is 0 Å². The zero-order chi connectivity index (χ0) is 16.7. The highest BCUT2D eigenvalue weighted by Gasteiger charge is 2.15. The van der Waals surface area contributed by atoms with Gasteiger partial charge in [0.2, 0.25) is 0 Å². The summed E-state index contributed by atoms with van der Waals surface area (Å²) in [6, 6.07) is 5.20. The van der Waals surface area contributed by atoms with Gasteiger partial charge in [-0.3, -0.25) is 9.78 Å². The van der Waals surface area contributed by atoms with Gasteiger partial charge in [-0.05, 0) is 32.0 Å². The lowest BCUT2D eigenvalue weighted by Gasteiger charge is -2.06. The predicted octanol–water partition coefficient (Wildman–Crippen LogP) is 1.99. The van der Waals surface area contributed by atoms with Crippen molar-refractivity contribution in [3.8, 4) is 11.4 Å². The van der Waals surface area contributed by atoms with E-state index in [1.807, 2.05) is 0 Å². The molecule has 0 bridgehead atoms. The highest BCUT2D eigenvalue weighted by atomic mass is 16.5. The number of rotatable bonds is 6. The molecule has 0 aromatic carbocycles. The molecule has 0 aliphatic carbocycles. The highest BCUT2D eigenvalue weighted by molar-refractivity contribution is 6.16.